The summed E-state index contributed by atoms with van der Waals surface area (Å²) >= 11 is 0. The fourth-order valence-electron chi connectivity index (χ4n) is 4.40. The summed E-state index contributed by atoms with van der Waals surface area (Å²) in [6.07, 6.45) is 1.18. The van der Waals surface area contributed by atoms with Gasteiger partial charge in [-0.1, -0.05) is 26.3 Å². The van der Waals surface area contributed by atoms with Crippen LogP contribution in [0.15, 0.2) is 50.6 Å². The Hall–Kier alpha value is -4.34. The van der Waals surface area contributed by atoms with E-state index < -0.39 is 60.5 Å². The maximum atomic E-state index is 12.3. The largest absolute Gasteiger partial charge is 0.460 e. The third-order valence-corrected chi connectivity index (χ3v) is 6.64. The number of rotatable bonds is 28. The second-order valence-corrected chi connectivity index (χ2v) is 11.8. The Labute approximate surface area is 301 Å². The van der Waals surface area contributed by atoms with Crippen molar-refractivity contribution in [2.75, 3.05) is 52.6 Å². The first-order chi connectivity index (χ1) is 24.0. The molecule has 0 aliphatic rings. The molecule has 0 aromatic rings. The van der Waals surface area contributed by atoms with Gasteiger partial charge in [0, 0.05) is 25.2 Å². The van der Waals surface area contributed by atoms with Gasteiger partial charge in [0.15, 0.2) is 0 Å². The van der Waals surface area contributed by atoms with Crippen LogP contribution >= 0.6 is 0 Å². The molecule has 0 saturated carbocycles. The van der Waals surface area contributed by atoms with Crippen LogP contribution in [0.1, 0.15) is 54.4 Å². The first-order valence-electron chi connectivity index (χ1n) is 16.7. The van der Waals surface area contributed by atoms with E-state index >= 15 is 0 Å². The van der Waals surface area contributed by atoms with Crippen molar-refractivity contribution in [1.82, 2.24) is 9.80 Å². The molecule has 0 radical (unpaired) electrons. The highest BCUT2D eigenvalue weighted by atomic mass is 16.6. The van der Waals surface area contributed by atoms with Crippen LogP contribution in [0, 0.1) is 0 Å². The van der Waals surface area contributed by atoms with E-state index in [-0.39, 0.29) is 77.3 Å². The molecule has 6 unspecified atom stereocenters. The molecule has 6 atom stereocenters. The Morgan fingerprint density at radius 2 is 0.824 bits per heavy atom. The predicted octanol–water partition coefficient (Wildman–Crippen LogP) is 2.72. The molecule has 2 amide bonds. The van der Waals surface area contributed by atoms with E-state index in [1.807, 2.05) is 0 Å². The van der Waals surface area contributed by atoms with Crippen LogP contribution in [0.25, 0.3) is 0 Å². The third kappa shape index (κ3) is 22.9. The van der Waals surface area contributed by atoms with Crippen molar-refractivity contribution in [3.05, 3.63) is 50.6 Å². The molecule has 0 aromatic carbocycles. The Bertz CT molecular complexity index is 1090. The van der Waals surface area contributed by atoms with Gasteiger partial charge >= 0.3 is 23.9 Å². The molecule has 51 heavy (non-hydrogen) atoms. The lowest BCUT2D eigenvalue weighted by atomic mass is 10.3. The van der Waals surface area contributed by atoms with Gasteiger partial charge in [-0.25, -0.2) is 9.59 Å². The lowest BCUT2D eigenvalue weighted by Crippen LogP contribution is -2.41. The highest BCUT2D eigenvalue weighted by Gasteiger charge is 2.21. The first kappa shape index (κ1) is 46.7. The van der Waals surface area contributed by atoms with Crippen molar-refractivity contribution >= 4 is 35.7 Å². The zero-order valence-corrected chi connectivity index (χ0v) is 30.9. The van der Waals surface area contributed by atoms with E-state index in [1.54, 1.807) is 41.5 Å². The molecule has 15 heteroatoms. The summed E-state index contributed by atoms with van der Waals surface area (Å²) in [7, 11) is 0. The highest BCUT2D eigenvalue weighted by molar-refractivity contribution is 5.87. The van der Waals surface area contributed by atoms with Gasteiger partial charge < -0.3 is 43.0 Å². The minimum absolute atomic E-state index is 0.0288. The van der Waals surface area contributed by atoms with E-state index in [1.165, 1.54) is 9.80 Å². The van der Waals surface area contributed by atoms with E-state index in [4.69, 9.17) is 33.2 Å². The number of amides is 2. The van der Waals surface area contributed by atoms with Gasteiger partial charge in [-0.2, -0.15) is 0 Å². The number of nitrogens with zero attached hydrogens (tertiary/aromatic N) is 2. The number of esters is 4. The minimum atomic E-state index is -0.596. The Balaban J connectivity index is 4.38. The maximum Gasteiger partial charge on any atom is 0.330 e. The van der Waals surface area contributed by atoms with Gasteiger partial charge in [-0.05, 0) is 53.7 Å². The van der Waals surface area contributed by atoms with E-state index in [0.29, 0.717) is 0 Å². The lowest BCUT2D eigenvalue weighted by molar-refractivity contribution is -0.156. The summed E-state index contributed by atoms with van der Waals surface area (Å²) in [6, 6.07) is 0. The molecule has 0 aliphatic carbocycles. The van der Waals surface area contributed by atoms with Crippen molar-refractivity contribution in [1.29, 1.82) is 0 Å². The molecule has 0 aliphatic heterocycles. The van der Waals surface area contributed by atoms with Crippen LogP contribution in [0.3, 0.4) is 0 Å². The second kappa shape index (κ2) is 26.5. The first-order valence-corrected chi connectivity index (χ1v) is 16.7. The normalized spacial score (nSPS) is 14.2. The van der Waals surface area contributed by atoms with Gasteiger partial charge in [0.25, 0.3) is 0 Å². The molecule has 288 valence electrons. The predicted molar refractivity (Wildman–Crippen MR) is 187 cm³/mol. The van der Waals surface area contributed by atoms with Gasteiger partial charge in [-0.3, -0.25) is 19.2 Å². The summed E-state index contributed by atoms with van der Waals surface area (Å²) in [5.41, 5.74) is 0. The van der Waals surface area contributed by atoms with Crippen LogP contribution in [0.5, 0.6) is 0 Å². The Kier molecular flexibility index (Phi) is 24.2. The van der Waals surface area contributed by atoms with Crippen LogP contribution in [-0.4, -0.2) is 135 Å². The number of hydrogen-bond donors (Lipinski definition) is 0. The quantitative estimate of drug-likeness (QED) is 0.0656. The number of carbonyl (C=O) groups excluding carboxylic acids is 6. The Morgan fingerprint density at radius 3 is 1.14 bits per heavy atom. The summed E-state index contributed by atoms with van der Waals surface area (Å²) in [4.78, 5) is 74.7. The van der Waals surface area contributed by atoms with Gasteiger partial charge in [0.2, 0.25) is 11.8 Å². The fraction of sp³-hybridized carbons (Fsp3) is 0.611. The van der Waals surface area contributed by atoms with Crippen LogP contribution in [0.2, 0.25) is 0 Å². The van der Waals surface area contributed by atoms with Crippen molar-refractivity contribution in [3.8, 4) is 0 Å². The summed E-state index contributed by atoms with van der Waals surface area (Å²) < 4.78 is 37.8. The van der Waals surface area contributed by atoms with Crippen LogP contribution in [-0.2, 0) is 61.9 Å². The number of ether oxygens (including phenoxy) is 7. The average Bonchev–Trinajstić information content (AvgIpc) is 3.06. The van der Waals surface area contributed by atoms with E-state index in [2.05, 4.69) is 26.3 Å². The molecule has 0 fully saturated rings. The fourth-order valence-corrected chi connectivity index (χ4v) is 4.40. The molecule has 15 nitrogen and oxygen atoms in total. The molecular formula is C36H56N2O13. The van der Waals surface area contributed by atoms with Crippen molar-refractivity contribution < 1.29 is 61.9 Å². The standard InChI is InChI=1S/C36H56N2O13/c1-11-31(39)37(21-27(7)48-33(41)13-3)19-25(5)46-17-15-35(43)50-29(9)23-45-24-30(10)51-36(44)16-18-47-26(6)20-38(32(40)12-2)22-28(8)49-34(42)14-4/h11-14,25-30H,1-4,15-24H2,5-10H3. The summed E-state index contributed by atoms with van der Waals surface area (Å²) in [5, 5.41) is 0. The second-order valence-electron chi connectivity index (χ2n) is 11.8. The number of hydrogen-bond acceptors (Lipinski definition) is 13. The highest BCUT2D eigenvalue weighted by Crippen LogP contribution is 2.07. The Morgan fingerprint density at radius 1 is 0.490 bits per heavy atom. The minimum Gasteiger partial charge on any atom is -0.460 e. The molecule has 0 bridgehead atoms. The van der Waals surface area contributed by atoms with Crippen molar-refractivity contribution in [2.24, 2.45) is 0 Å². The average molecular weight is 725 g/mol. The molecule has 0 heterocycles. The summed E-state index contributed by atoms with van der Waals surface area (Å²) in [6.45, 7) is 24.7. The SMILES string of the molecule is C=CC(=O)OC(C)CN(CC(C)OCCC(=O)OC(C)COCC(C)OC(=O)CCOC(C)CN(CC(C)OC(=O)C=C)C(=O)C=C)C(=O)C=C. The van der Waals surface area contributed by atoms with Crippen molar-refractivity contribution in [2.45, 2.75) is 91.0 Å². The summed E-state index contributed by atoms with van der Waals surface area (Å²) in [5.74, 6) is -2.91. The van der Waals surface area contributed by atoms with Gasteiger partial charge in [-0.15, -0.1) is 0 Å². The monoisotopic (exact) mass is 724 g/mol. The van der Waals surface area contributed by atoms with Crippen LogP contribution in [0.4, 0.5) is 0 Å². The van der Waals surface area contributed by atoms with E-state index in [9.17, 15) is 28.8 Å². The molecular weight excluding hydrogens is 668 g/mol. The van der Waals surface area contributed by atoms with Crippen molar-refractivity contribution in [3.63, 3.8) is 0 Å². The topological polar surface area (TPSA) is 174 Å². The molecule has 0 N–H and O–H groups in total. The molecule has 0 rings (SSSR count). The molecule has 0 aromatic heterocycles. The maximum absolute atomic E-state index is 12.3. The lowest BCUT2D eigenvalue weighted by Gasteiger charge is -2.27. The smallest absolute Gasteiger partial charge is 0.330 e. The molecule has 0 saturated heterocycles. The zero-order valence-electron chi connectivity index (χ0n) is 30.9. The van der Waals surface area contributed by atoms with Gasteiger partial charge in [0.1, 0.15) is 24.4 Å². The molecule has 0 spiro atoms. The zero-order chi connectivity index (χ0) is 38.9. The third-order valence-electron chi connectivity index (χ3n) is 6.64. The van der Waals surface area contributed by atoms with Crippen LogP contribution < -0.4 is 0 Å². The number of carbonyl (C=O) groups is 6. The van der Waals surface area contributed by atoms with E-state index in [0.717, 1.165) is 24.3 Å². The van der Waals surface area contributed by atoms with Gasteiger partial charge in [0.05, 0.1) is 64.6 Å².